The van der Waals surface area contributed by atoms with E-state index in [1.807, 2.05) is 6.92 Å². The third-order valence-electron chi connectivity index (χ3n) is 2.67. The number of hydrogen-bond donors (Lipinski definition) is 1. The first-order valence-electron chi connectivity index (χ1n) is 5.51. The van der Waals surface area contributed by atoms with Crippen LogP contribution in [0.2, 0.25) is 0 Å². The summed E-state index contributed by atoms with van der Waals surface area (Å²) < 4.78 is 0. The van der Waals surface area contributed by atoms with Crippen molar-refractivity contribution in [1.29, 1.82) is 0 Å². The maximum Gasteiger partial charge on any atom is 0.269 e. The molecule has 0 radical (unpaired) electrons. The third kappa shape index (κ3) is 3.64. The first kappa shape index (κ1) is 13.3. The van der Waals surface area contributed by atoms with E-state index in [1.54, 1.807) is 19.2 Å². The molecule has 0 spiro atoms. The van der Waals surface area contributed by atoms with Gasteiger partial charge in [0.15, 0.2) is 0 Å². The fraction of sp³-hybridized carbons (Fsp3) is 0.417. The molecule has 0 aliphatic carbocycles. The standard InChI is InChI=1S/C12H16N2O3/c1-3-12(15)11(13-2)8-9-4-6-10(7-5-9)14(16)17/h4-7,11,13H,3,8H2,1-2H3/t11-/m0/s1. The number of carbonyl (C=O) groups is 1. The molecular weight excluding hydrogens is 220 g/mol. The average molecular weight is 236 g/mol. The van der Waals surface area contributed by atoms with Gasteiger partial charge in [-0.3, -0.25) is 14.9 Å². The molecule has 1 atom stereocenters. The normalized spacial score (nSPS) is 12.1. The third-order valence-corrected chi connectivity index (χ3v) is 2.67. The summed E-state index contributed by atoms with van der Waals surface area (Å²) in [6.45, 7) is 1.82. The number of Topliss-reactive ketones (excluding diaryl/α,β-unsaturated/α-hetero) is 1. The molecule has 0 fully saturated rings. The molecule has 0 amide bonds. The van der Waals surface area contributed by atoms with Gasteiger partial charge >= 0.3 is 0 Å². The number of non-ortho nitro benzene ring substituents is 1. The van der Waals surface area contributed by atoms with Crippen molar-refractivity contribution in [2.75, 3.05) is 7.05 Å². The lowest BCUT2D eigenvalue weighted by Crippen LogP contribution is -2.35. The van der Waals surface area contributed by atoms with Gasteiger partial charge in [0.2, 0.25) is 0 Å². The first-order valence-corrected chi connectivity index (χ1v) is 5.51. The van der Waals surface area contributed by atoms with Crippen LogP contribution in [-0.2, 0) is 11.2 Å². The Labute approximate surface area is 100.0 Å². The highest BCUT2D eigenvalue weighted by molar-refractivity contribution is 5.84. The number of nitro benzene ring substituents is 1. The van der Waals surface area contributed by atoms with E-state index in [1.165, 1.54) is 12.1 Å². The van der Waals surface area contributed by atoms with Crippen LogP contribution in [0.5, 0.6) is 0 Å². The maximum atomic E-state index is 11.6. The second kappa shape index (κ2) is 6.10. The number of nitro groups is 1. The predicted molar refractivity (Wildman–Crippen MR) is 64.9 cm³/mol. The Balaban J connectivity index is 2.74. The lowest BCUT2D eigenvalue weighted by Gasteiger charge is -2.13. The summed E-state index contributed by atoms with van der Waals surface area (Å²) in [6, 6.07) is 6.06. The molecule has 17 heavy (non-hydrogen) atoms. The van der Waals surface area contributed by atoms with Crippen LogP contribution in [0.15, 0.2) is 24.3 Å². The Morgan fingerprint density at radius 1 is 1.41 bits per heavy atom. The number of carbonyl (C=O) groups excluding carboxylic acids is 1. The minimum atomic E-state index is -0.434. The molecule has 5 nitrogen and oxygen atoms in total. The summed E-state index contributed by atoms with van der Waals surface area (Å²) in [5.74, 6) is 0.144. The Hall–Kier alpha value is -1.75. The minimum Gasteiger partial charge on any atom is -0.310 e. The second-order valence-corrected chi connectivity index (χ2v) is 3.79. The van der Waals surface area contributed by atoms with Crippen LogP contribution in [0, 0.1) is 10.1 Å². The number of nitrogens with zero attached hydrogens (tertiary/aromatic N) is 1. The van der Waals surface area contributed by atoms with Crippen LogP contribution >= 0.6 is 0 Å². The van der Waals surface area contributed by atoms with Crippen LogP contribution in [0.1, 0.15) is 18.9 Å². The van der Waals surface area contributed by atoms with Crippen LogP contribution < -0.4 is 5.32 Å². The highest BCUT2D eigenvalue weighted by Crippen LogP contribution is 2.13. The zero-order valence-corrected chi connectivity index (χ0v) is 9.97. The largest absolute Gasteiger partial charge is 0.310 e. The van der Waals surface area contributed by atoms with Gasteiger partial charge in [-0.1, -0.05) is 19.1 Å². The quantitative estimate of drug-likeness (QED) is 0.602. The predicted octanol–water partition coefficient (Wildman–Crippen LogP) is 1.70. The van der Waals surface area contributed by atoms with Gasteiger partial charge in [0.1, 0.15) is 5.78 Å². The van der Waals surface area contributed by atoms with Crippen molar-refractivity contribution in [3.05, 3.63) is 39.9 Å². The van der Waals surface area contributed by atoms with Crippen molar-refractivity contribution < 1.29 is 9.72 Å². The topological polar surface area (TPSA) is 72.2 Å². The zero-order chi connectivity index (χ0) is 12.8. The fourth-order valence-corrected chi connectivity index (χ4v) is 1.61. The van der Waals surface area contributed by atoms with Crippen molar-refractivity contribution in [1.82, 2.24) is 5.32 Å². The SMILES string of the molecule is CCC(=O)[C@H](Cc1ccc([N+](=O)[O-])cc1)NC. The van der Waals surface area contributed by atoms with Crippen molar-refractivity contribution in [3.8, 4) is 0 Å². The highest BCUT2D eigenvalue weighted by Gasteiger charge is 2.15. The Kier molecular flexibility index (Phi) is 4.78. The molecule has 0 aromatic heterocycles. The molecule has 1 aromatic rings. The molecule has 5 heteroatoms. The number of hydrogen-bond acceptors (Lipinski definition) is 4. The Morgan fingerprint density at radius 3 is 2.41 bits per heavy atom. The summed E-state index contributed by atoms with van der Waals surface area (Å²) in [5, 5.41) is 13.4. The number of ketones is 1. The van der Waals surface area contributed by atoms with Crippen LogP contribution in [-0.4, -0.2) is 23.8 Å². The summed E-state index contributed by atoms with van der Waals surface area (Å²) in [6.07, 6.45) is 1.04. The molecular formula is C12H16N2O3. The van der Waals surface area contributed by atoms with E-state index in [2.05, 4.69) is 5.32 Å². The van der Waals surface area contributed by atoms with Gasteiger partial charge in [-0.2, -0.15) is 0 Å². The van der Waals surface area contributed by atoms with Crippen LogP contribution in [0.4, 0.5) is 5.69 Å². The zero-order valence-electron chi connectivity index (χ0n) is 9.97. The Bertz CT molecular complexity index is 401. The van der Waals surface area contributed by atoms with E-state index < -0.39 is 4.92 Å². The van der Waals surface area contributed by atoms with Crippen LogP contribution in [0.3, 0.4) is 0 Å². The average Bonchev–Trinajstić information content (AvgIpc) is 2.35. The van der Waals surface area contributed by atoms with Crippen LogP contribution in [0.25, 0.3) is 0 Å². The van der Waals surface area contributed by atoms with Crippen molar-refractivity contribution >= 4 is 11.5 Å². The number of rotatable bonds is 6. The van der Waals surface area contributed by atoms with Gasteiger partial charge in [0.05, 0.1) is 11.0 Å². The molecule has 92 valence electrons. The van der Waals surface area contributed by atoms with Gasteiger partial charge in [0, 0.05) is 18.6 Å². The molecule has 1 N–H and O–H groups in total. The molecule has 0 unspecified atom stereocenters. The van der Waals surface area contributed by atoms with E-state index in [0.717, 1.165) is 5.56 Å². The van der Waals surface area contributed by atoms with E-state index in [-0.39, 0.29) is 17.5 Å². The smallest absolute Gasteiger partial charge is 0.269 e. The molecule has 0 aliphatic rings. The molecule has 1 rings (SSSR count). The molecule has 1 aromatic carbocycles. The lowest BCUT2D eigenvalue weighted by atomic mass is 10.0. The maximum absolute atomic E-state index is 11.6. The Morgan fingerprint density at radius 2 is 2.00 bits per heavy atom. The first-order chi connectivity index (χ1) is 8.08. The fourth-order valence-electron chi connectivity index (χ4n) is 1.61. The van der Waals surface area contributed by atoms with Gasteiger partial charge in [0.25, 0.3) is 5.69 Å². The molecule has 0 saturated carbocycles. The van der Waals surface area contributed by atoms with Crippen molar-refractivity contribution in [3.63, 3.8) is 0 Å². The van der Waals surface area contributed by atoms with Gasteiger partial charge < -0.3 is 5.32 Å². The second-order valence-electron chi connectivity index (χ2n) is 3.79. The van der Waals surface area contributed by atoms with Gasteiger partial charge in [-0.15, -0.1) is 0 Å². The molecule has 0 saturated heterocycles. The molecule has 0 aliphatic heterocycles. The summed E-state index contributed by atoms with van der Waals surface area (Å²) in [4.78, 5) is 21.6. The van der Waals surface area contributed by atoms with Crippen molar-refractivity contribution in [2.45, 2.75) is 25.8 Å². The highest BCUT2D eigenvalue weighted by atomic mass is 16.6. The number of benzene rings is 1. The van der Waals surface area contributed by atoms with E-state index >= 15 is 0 Å². The van der Waals surface area contributed by atoms with E-state index in [4.69, 9.17) is 0 Å². The van der Waals surface area contributed by atoms with Gasteiger partial charge in [-0.25, -0.2) is 0 Å². The van der Waals surface area contributed by atoms with E-state index in [0.29, 0.717) is 12.8 Å². The van der Waals surface area contributed by atoms with Crippen molar-refractivity contribution in [2.24, 2.45) is 0 Å². The monoisotopic (exact) mass is 236 g/mol. The summed E-state index contributed by atoms with van der Waals surface area (Å²) >= 11 is 0. The number of likely N-dealkylation sites (N-methyl/N-ethyl adjacent to an activating group) is 1. The molecule has 0 heterocycles. The molecule has 0 bridgehead atoms. The summed E-state index contributed by atoms with van der Waals surface area (Å²) in [7, 11) is 1.74. The van der Waals surface area contributed by atoms with E-state index in [9.17, 15) is 14.9 Å². The van der Waals surface area contributed by atoms with Gasteiger partial charge in [-0.05, 0) is 19.0 Å². The number of nitrogens with one attached hydrogen (secondary N) is 1. The summed E-state index contributed by atoms with van der Waals surface area (Å²) in [5.41, 5.74) is 0.980. The lowest BCUT2D eigenvalue weighted by molar-refractivity contribution is -0.384. The minimum absolute atomic E-state index is 0.0663.